The molecule has 2 N–H and O–H groups in total. The van der Waals surface area contributed by atoms with Crippen LogP contribution in [0.1, 0.15) is 5.69 Å². The van der Waals surface area contributed by atoms with Gasteiger partial charge in [0.2, 0.25) is 5.91 Å². The Morgan fingerprint density at radius 3 is 2.67 bits per heavy atom. The van der Waals surface area contributed by atoms with Gasteiger partial charge in [-0.3, -0.25) is 4.79 Å². The summed E-state index contributed by atoms with van der Waals surface area (Å²) in [7, 11) is 0. The Hall–Kier alpha value is -1.34. The monoisotopic (exact) mass is 348 g/mol. The third-order valence-corrected chi connectivity index (χ3v) is 3.58. The van der Waals surface area contributed by atoms with Crippen LogP contribution in [0.4, 0.5) is 5.69 Å². The second-order valence-electron chi connectivity index (χ2n) is 4.18. The van der Waals surface area contributed by atoms with E-state index in [0.29, 0.717) is 27.8 Å². The van der Waals surface area contributed by atoms with Crippen molar-refractivity contribution < 1.29 is 9.90 Å². The van der Waals surface area contributed by atoms with E-state index < -0.39 is 0 Å². The van der Waals surface area contributed by atoms with E-state index in [4.69, 9.17) is 39.9 Å². The van der Waals surface area contributed by atoms with Crippen LogP contribution < -0.4 is 5.32 Å². The first-order valence-corrected chi connectivity index (χ1v) is 7.07. The molecular weight excluding hydrogens is 339 g/mol. The van der Waals surface area contributed by atoms with Gasteiger partial charge in [-0.2, -0.15) is 0 Å². The third kappa shape index (κ3) is 4.31. The van der Waals surface area contributed by atoms with Gasteiger partial charge in [-0.25, -0.2) is 4.68 Å². The maximum Gasteiger partial charge on any atom is 0.246 e. The Kier molecular flexibility index (Phi) is 5.41. The zero-order valence-corrected chi connectivity index (χ0v) is 13.0. The van der Waals surface area contributed by atoms with Crippen LogP contribution >= 0.6 is 34.8 Å². The summed E-state index contributed by atoms with van der Waals surface area (Å²) >= 11 is 17.7. The van der Waals surface area contributed by atoms with Crippen LogP contribution in [0, 0.1) is 0 Å². The highest BCUT2D eigenvalue weighted by atomic mass is 35.5. The maximum atomic E-state index is 11.9. The number of aliphatic hydroxyl groups excluding tert-OH is 1. The van der Waals surface area contributed by atoms with Crippen LogP contribution in [-0.2, 0) is 17.8 Å². The molecule has 0 aliphatic heterocycles. The predicted molar refractivity (Wildman–Crippen MR) is 80.9 cm³/mol. The minimum Gasteiger partial charge on any atom is -0.396 e. The smallest absolute Gasteiger partial charge is 0.246 e. The van der Waals surface area contributed by atoms with E-state index in [2.05, 4.69) is 15.6 Å². The molecule has 0 unspecified atom stereocenters. The lowest BCUT2D eigenvalue weighted by atomic mass is 10.3. The van der Waals surface area contributed by atoms with Gasteiger partial charge in [0.25, 0.3) is 0 Å². The molecule has 0 aliphatic carbocycles. The second kappa shape index (κ2) is 7.09. The molecule has 2 rings (SSSR count). The van der Waals surface area contributed by atoms with Crippen molar-refractivity contribution in [2.45, 2.75) is 13.0 Å². The van der Waals surface area contributed by atoms with Gasteiger partial charge in [-0.05, 0) is 12.1 Å². The molecule has 0 spiro atoms. The molecule has 21 heavy (non-hydrogen) atoms. The van der Waals surface area contributed by atoms with E-state index in [1.54, 1.807) is 6.20 Å². The minimum atomic E-state index is -0.337. The largest absolute Gasteiger partial charge is 0.396 e. The molecule has 0 saturated carbocycles. The predicted octanol–water partition coefficient (Wildman–Crippen LogP) is 2.41. The molecule has 6 nitrogen and oxygen atoms in total. The molecule has 0 fully saturated rings. The Morgan fingerprint density at radius 1 is 1.24 bits per heavy atom. The van der Waals surface area contributed by atoms with E-state index in [0.717, 1.165) is 0 Å². The first kappa shape index (κ1) is 16.0. The molecule has 1 amide bonds. The normalized spacial score (nSPS) is 10.7. The van der Waals surface area contributed by atoms with Gasteiger partial charge < -0.3 is 10.4 Å². The van der Waals surface area contributed by atoms with Gasteiger partial charge >= 0.3 is 0 Å². The second-order valence-corrected chi connectivity index (χ2v) is 5.40. The van der Waals surface area contributed by atoms with E-state index in [-0.39, 0.29) is 24.1 Å². The van der Waals surface area contributed by atoms with Gasteiger partial charge in [0.15, 0.2) is 0 Å². The first-order valence-electron chi connectivity index (χ1n) is 5.94. The summed E-state index contributed by atoms with van der Waals surface area (Å²) in [5.41, 5.74) is 0.977. The van der Waals surface area contributed by atoms with Crippen molar-refractivity contribution in [2.24, 2.45) is 0 Å². The van der Waals surface area contributed by atoms with Crippen LogP contribution in [0.3, 0.4) is 0 Å². The topological polar surface area (TPSA) is 80.0 Å². The lowest BCUT2D eigenvalue weighted by molar-refractivity contribution is -0.116. The number of carbonyl (C=O) groups is 1. The number of nitrogens with zero attached hydrogens (tertiary/aromatic N) is 3. The van der Waals surface area contributed by atoms with E-state index in [1.807, 2.05) is 0 Å². The van der Waals surface area contributed by atoms with Crippen molar-refractivity contribution in [3.05, 3.63) is 39.1 Å². The number of hydrogen-bond donors (Lipinski definition) is 2. The Bertz CT molecular complexity index is 660. The number of amides is 1. The molecule has 0 saturated heterocycles. The molecule has 0 bridgehead atoms. The van der Waals surface area contributed by atoms with Crippen LogP contribution in [0.2, 0.25) is 15.1 Å². The minimum absolute atomic E-state index is 0.0240. The standard InChI is InChI=1S/C12H11Cl3N4O2/c13-8-3-10(15)11(4-9(8)14)16-12(21)6-19-5-7(1-2-20)17-18-19/h3-5,20H,1-2,6H2,(H,16,21). The fourth-order valence-corrected chi connectivity index (χ4v) is 2.19. The third-order valence-electron chi connectivity index (χ3n) is 2.54. The van der Waals surface area contributed by atoms with E-state index in [1.165, 1.54) is 16.8 Å². The van der Waals surface area contributed by atoms with Gasteiger partial charge in [-0.1, -0.05) is 40.0 Å². The van der Waals surface area contributed by atoms with Crippen LogP contribution in [-0.4, -0.2) is 32.6 Å². The van der Waals surface area contributed by atoms with Crippen molar-refractivity contribution >= 4 is 46.4 Å². The summed E-state index contributed by atoms with van der Waals surface area (Å²) in [5, 5.41) is 19.9. The molecule has 0 aliphatic rings. The SMILES string of the molecule is O=C(Cn1cc(CCO)nn1)Nc1cc(Cl)c(Cl)cc1Cl. The van der Waals surface area contributed by atoms with E-state index in [9.17, 15) is 4.79 Å². The summed E-state index contributed by atoms with van der Waals surface area (Å²) in [6, 6.07) is 2.93. The van der Waals surface area contributed by atoms with Crippen molar-refractivity contribution in [3.8, 4) is 0 Å². The average Bonchev–Trinajstić information content (AvgIpc) is 2.83. The fourth-order valence-electron chi connectivity index (χ4n) is 1.60. The number of aliphatic hydroxyl groups is 1. The molecule has 1 aromatic heterocycles. The van der Waals surface area contributed by atoms with Crippen molar-refractivity contribution in [2.75, 3.05) is 11.9 Å². The number of aromatic nitrogens is 3. The summed E-state index contributed by atoms with van der Waals surface area (Å²) < 4.78 is 1.37. The highest BCUT2D eigenvalue weighted by molar-refractivity contribution is 6.44. The Morgan fingerprint density at radius 2 is 1.95 bits per heavy atom. The highest BCUT2D eigenvalue weighted by Crippen LogP contribution is 2.32. The van der Waals surface area contributed by atoms with Gasteiger partial charge in [0.05, 0.1) is 26.4 Å². The molecule has 1 heterocycles. The molecule has 9 heteroatoms. The Labute approximate surface area is 135 Å². The zero-order chi connectivity index (χ0) is 15.4. The van der Waals surface area contributed by atoms with Crippen LogP contribution in [0.15, 0.2) is 18.3 Å². The van der Waals surface area contributed by atoms with Gasteiger partial charge in [0, 0.05) is 19.2 Å². The fraction of sp³-hybridized carbons (Fsp3) is 0.250. The molecular formula is C12H11Cl3N4O2. The molecule has 0 radical (unpaired) electrons. The van der Waals surface area contributed by atoms with Crippen LogP contribution in [0.25, 0.3) is 0 Å². The highest BCUT2D eigenvalue weighted by Gasteiger charge is 2.11. The Balaban J connectivity index is 2.02. The maximum absolute atomic E-state index is 11.9. The number of carbonyl (C=O) groups excluding carboxylic acids is 1. The summed E-state index contributed by atoms with van der Waals surface area (Å²) in [6.07, 6.45) is 1.98. The quantitative estimate of drug-likeness (QED) is 0.812. The number of rotatable bonds is 5. The van der Waals surface area contributed by atoms with Crippen molar-refractivity contribution in [1.82, 2.24) is 15.0 Å². The van der Waals surface area contributed by atoms with Crippen molar-refractivity contribution in [1.29, 1.82) is 0 Å². The molecule has 0 atom stereocenters. The summed E-state index contributed by atoms with van der Waals surface area (Å²) in [4.78, 5) is 11.9. The lowest BCUT2D eigenvalue weighted by Gasteiger charge is -2.08. The van der Waals surface area contributed by atoms with Crippen molar-refractivity contribution in [3.63, 3.8) is 0 Å². The average molecular weight is 350 g/mol. The van der Waals surface area contributed by atoms with E-state index >= 15 is 0 Å². The van der Waals surface area contributed by atoms with Gasteiger partial charge in [-0.15, -0.1) is 5.10 Å². The van der Waals surface area contributed by atoms with Crippen LogP contribution in [0.5, 0.6) is 0 Å². The first-order chi connectivity index (χ1) is 9.99. The molecule has 1 aromatic carbocycles. The van der Waals surface area contributed by atoms with Gasteiger partial charge in [0.1, 0.15) is 6.54 Å². The zero-order valence-electron chi connectivity index (χ0n) is 10.7. The lowest BCUT2D eigenvalue weighted by Crippen LogP contribution is -2.19. The summed E-state index contributed by atoms with van der Waals surface area (Å²) in [5.74, 6) is -0.337. The number of anilines is 1. The molecule has 112 valence electrons. The number of hydrogen-bond acceptors (Lipinski definition) is 4. The summed E-state index contributed by atoms with van der Waals surface area (Å²) in [6.45, 7) is -0.0568. The number of nitrogens with one attached hydrogen (secondary N) is 1. The number of halogens is 3. The number of benzene rings is 1. The molecule has 2 aromatic rings.